The number of pyridine rings is 1. The lowest BCUT2D eigenvalue weighted by Crippen LogP contribution is -2.50. The van der Waals surface area contributed by atoms with E-state index in [2.05, 4.69) is 20.6 Å². The van der Waals surface area contributed by atoms with Crippen LogP contribution in [0.4, 0.5) is 8.78 Å². The predicted molar refractivity (Wildman–Crippen MR) is 84.4 cm³/mol. The Hall–Kier alpha value is -2.35. The third-order valence-corrected chi connectivity index (χ3v) is 4.22. The van der Waals surface area contributed by atoms with Crippen LogP contribution in [0.1, 0.15) is 22.7 Å². The van der Waals surface area contributed by atoms with Gasteiger partial charge in [-0.15, -0.1) is 0 Å². The van der Waals surface area contributed by atoms with Gasteiger partial charge in [0.25, 0.3) is 11.8 Å². The molecule has 24 heavy (non-hydrogen) atoms. The molecule has 1 fully saturated rings. The van der Waals surface area contributed by atoms with Crippen molar-refractivity contribution in [1.82, 2.24) is 25.2 Å². The van der Waals surface area contributed by atoms with E-state index in [1.807, 2.05) is 11.5 Å². The average Bonchev–Trinajstić information content (AvgIpc) is 2.99. The first kappa shape index (κ1) is 16.5. The molecule has 0 aliphatic carbocycles. The summed E-state index contributed by atoms with van der Waals surface area (Å²) in [7, 11) is 0. The van der Waals surface area contributed by atoms with Gasteiger partial charge in [0.15, 0.2) is 0 Å². The maximum atomic E-state index is 13.8. The number of nitrogens with one attached hydrogen (secondary N) is 2. The highest BCUT2D eigenvalue weighted by atomic mass is 19.3. The molecule has 1 aliphatic heterocycles. The number of piperidine rings is 1. The first-order valence-corrected chi connectivity index (χ1v) is 7.80. The fourth-order valence-corrected chi connectivity index (χ4v) is 2.79. The summed E-state index contributed by atoms with van der Waals surface area (Å²) in [6.45, 7) is 1.97. The van der Waals surface area contributed by atoms with Gasteiger partial charge in [-0.1, -0.05) is 0 Å². The van der Waals surface area contributed by atoms with Crippen molar-refractivity contribution in [2.45, 2.75) is 19.3 Å². The van der Waals surface area contributed by atoms with Crippen molar-refractivity contribution in [2.75, 3.05) is 19.6 Å². The Bertz CT molecular complexity index is 731. The number of nitrogens with zero attached hydrogens (tertiary/aromatic N) is 3. The zero-order valence-corrected chi connectivity index (χ0v) is 13.3. The summed E-state index contributed by atoms with van der Waals surface area (Å²) < 4.78 is 29.4. The van der Waals surface area contributed by atoms with Crippen molar-refractivity contribution in [3.63, 3.8) is 0 Å². The molecule has 3 rings (SSSR count). The van der Waals surface area contributed by atoms with E-state index in [-0.39, 0.29) is 18.8 Å². The van der Waals surface area contributed by atoms with Gasteiger partial charge in [0, 0.05) is 31.1 Å². The summed E-state index contributed by atoms with van der Waals surface area (Å²) in [5, 5.41) is 5.25. The van der Waals surface area contributed by atoms with E-state index >= 15 is 0 Å². The highest BCUT2D eigenvalue weighted by Crippen LogP contribution is 2.28. The van der Waals surface area contributed by atoms with Crippen molar-refractivity contribution >= 4 is 5.91 Å². The van der Waals surface area contributed by atoms with Crippen LogP contribution in [0.5, 0.6) is 0 Å². The number of rotatable bonds is 4. The lowest BCUT2D eigenvalue weighted by Gasteiger charge is -2.31. The molecule has 1 saturated heterocycles. The minimum Gasteiger partial charge on any atom is -0.350 e. The van der Waals surface area contributed by atoms with E-state index in [0.717, 1.165) is 11.5 Å². The van der Waals surface area contributed by atoms with Gasteiger partial charge in [-0.25, -0.2) is 13.8 Å². The van der Waals surface area contributed by atoms with Gasteiger partial charge in [0.05, 0.1) is 12.2 Å². The molecule has 0 saturated carbocycles. The van der Waals surface area contributed by atoms with Gasteiger partial charge in [-0.2, -0.15) is 0 Å². The van der Waals surface area contributed by atoms with E-state index in [9.17, 15) is 13.6 Å². The Morgan fingerprint density at radius 1 is 1.46 bits per heavy atom. The van der Waals surface area contributed by atoms with Crippen LogP contribution in [-0.2, 0) is 0 Å². The van der Waals surface area contributed by atoms with Gasteiger partial charge >= 0.3 is 0 Å². The van der Waals surface area contributed by atoms with Crippen LogP contribution in [0.25, 0.3) is 5.69 Å². The zero-order valence-electron chi connectivity index (χ0n) is 13.3. The van der Waals surface area contributed by atoms with Gasteiger partial charge in [-0.3, -0.25) is 9.78 Å². The molecule has 1 aliphatic rings. The van der Waals surface area contributed by atoms with E-state index in [1.54, 1.807) is 24.5 Å². The van der Waals surface area contributed by atoms with Crippen LogP contribution >= 0.6 is 0 Å². The van der Waals surface area contributed by atoms with Crippen LogP contribution in [0.3, 0.4) is 0 Å². The molecular formula is C16H19F2N5O. The highest BCUT2D eigenvalue weighted by Gasteiger charge is 2.41. The van der Waals surface area contributed by atoms with Crippen LogP contribution in [0.15, 0.2) is 30.7 Å². The molecule has 3 heterocycles. The monoisotopic (exact) mass is 335 g/mol. The number of hydrogen-bond donors (Lipinski definition) is 2. The maximum absolute atomic E-state index is 13.8. The number of hydrogen-bond acceptors (Lipinski definition) is 4. The van der Waals surface area contributed by atoms with Crippen molar-refractivity contribution in [3.8, 4) is 5.69 Å². The summed E-state index contributed by atoms with van der Waals surface area (Å²) in [5.74, 6) is -3.35. The zero-order chi connectivity index (χ0) is 17.2. The minimum absolute atomic E-state index is 0.0659. The third-order valence-electron chi connectivity index (χ3n) is 4.22. The van der Waals surface area contributed by atoms with Gasteiger partial charge in [-0.05, 0) is 32.0 Å². The molecule has 2 aromatic heterocycles. The molecule has 1 amide bonds. The highest BCUT2D eigenvalue weighted by molar-refractivity contribution is 5.92. The van der Waals surface area contributed by atoms with Gasteiger partial charge < -0.3 is 15.2 Å². The molecule has 0 spiro atoms. The Kier molecular flexibility index (Phi) is 4.57. The lowest BCUT2D eigenvalue weighted by molar-refractivity contribution is -0.0712. The van der Waals surface area contributed by atoms with Crippen LogP contribution < -0.4 is 10.6 Å². The van der Waals surface area contributed by atoms with E-state index in [0.29, 0.717) is 13.0 Å². The summed E-state index contributed by atoms with van der Waals surface area (Å²) in [6, 6.07) is 3.37. The summed E-state index contributed by atoms with van der Waals surface area (Å²) in [5.41, 5.74) is 0.940. The van der Waals surface area contributed by atoms with Gasteiger partial charge in [0.2, 0.25) is 0 Å². The van der Waals surface area contributed by atoms with Crippen LogP contribution in [-0.4, -0.2) is 46.0 Å². The summed E-state index contributed by atoms with van der Waals surface area (Å²) in [4.78, 5) is 20.4. The van der Waals surface area contributed by atoms with E-state index in [1.165, 1.54) is 6.20 Å². The van der Waals surface area contributed by atoms with Crippen molar-refractivity contribution < 1.29 is 13.6 Å². The Labute approximate surface area is 138 Å². The predicted octanol–water partition coefficient (Wildman–Crippen LogP) is 1.55. The number of carbonyl (C=O) groups is 1. The first-order valence-electron chi connectivity index (χ1n) is 7.80. The average molecular weight is 335 g/mol. The normalized spacial score (nSPS) is 19.9. The number of alkyl halides is 2. The molecule has 1 unspecified atom stereocenters. The molecule has 1 atom stereocenters. The number of imidazole rings is 1. The fraction of sp³-hybridized carbons (Fsp3) is 0.438. The minimum atomic E-state index is -2.81. The number of amides is 1. The molecule has 2 aromatic rings. The molecule has 0 bridgehead atoms. The lowest BCUT2D eigenvalue weighted by atomic mass is 9.94. The van der Waals surface area contributed by atoms with Crippen molar-refractivity contribution in [3.05, 3.63) is 42.2 Å². The standard InChI is InChI=1S/C16H19F2N5O/c1-11-20-6-7-23(11)13-3-5-21-14(8-13)15(24)22-9-12-2-4-19-10-16(12,17)18/h3,5-8,12,19H,2,4,9-10H2,1H3,(H,22,24). The van der Waals surface area contributed by atoms with Crippen LogP contribution in [0.2, 0.25) is 0 Å². The van der Waals surface area contributed by atoms with Crippen molar-refractivity contribution in [1.29, 1.82) is 0 Å². The van der Waals surface area contributed by atoms with Crippen molar-refractivity contribution in [2.24, 2.45) is 5.92 Å². The Morgan fingerprint density at radius 3 is 3.00 bits per heavy atom. The Morgan fingerprint density at radius 2 is 2.29 bits per heavy atom. The van der Waals surface area contributed by atoms with Crippen LogP contribution in [0, 0.1) is 12.8 Å². The number of aryl methyl sites for hydroxylation is 1. The van der Waals surface area contributed by atoms with E-state index < -0.39 is 17.7 Å². The fourth-order valence-electron chi connectivity index (χ4n) is 2.79. The van der Waals surface area contributed by atoms with Gasteiger partial charge in [0.1, 0.15) is 11.5 Å². The smallest absolute Gasteiger partial charge is 0.269 e. The third kappa shape index (κ3) is 3.43. The Balaban J connectivity index is 1.68. The second kappa shape index (κ2) is 6.64. The maximum Gasteiger partial charge on any atom is 0.269 e. The molecule has 8 heteroatoms. The number of carbonyl (C=O) groups excluding carboxylic acids is 1. The molecular weight excluding hydrogens is 316 g/mol. The molecule has 0 aromatic carbocycles. The molecule has 0 radical (unpaired) electrons. The number of aromatic nitrogens is 3. The summed E-state index contributed by atoms with van der Waals surface area (Å²) >= 11 is 0. The second-order valence-corrected chi connectivity index (χ2v) is 5.88. The summed E-state index contributed by atoms with van der Waals surface area (Å²) in [6.07, 6.45) is 5.29. The second-order valence-electron chi connectivity index (χ2n) is 5.88. The topological polar surface area (TPSA) is 71.8 Å². The van der Waals surface area contributed by atoms with E-state index in [4.69, 9.17) is 0 Å². The molecule has 6 nitrogen and oxygen atoms in total. The molecule has 2 N–H and O–H groups in total. The molecule has 128 valence electrons. The largest absolute Gasteiger partial charge is 0.350 e. The number of halogens is 2. The quantitative estimate of drug-likeness (QED) is 0.889. The SMILES string of the molecule is Cc1nccn1-c1ccnc(C(=O)NCC2CCNCC2(F)F)c1. The first-order chi connectivity index (χ1) is 11.5.